The topological polar surface area (TPSA) is 352 Å². The van der Waals surface area contributed by atoms with Crippen molar-refractivity contribution in [3.8, 4) is 0 Å². The van der Waals surface area contributed by atoms with Gasteiger partial charge in [0, 0.05) is 63.7 Å². The fraction of sp³-hybridized carbons (Fsp3) is 0.349. The zero-order valence-electron chi connectivity index (χ0n) is 53.4. The first-order valence-corrected chi connectivity index (χ1v) is 36.3. The molecule has 7 aromatic rings. The van der Waals surface area contributed by atoms with E-state index >= 15 is 0 Å². The van der Waals surface area contributed by atoms with Crippen molar-refractivity contribution in [2.24, 2.45) is 20.5 Å². The van der Waals surface area contributed by atoms with Crippen LogP contribution in [0, 0.1) is 0 Å². The predicted octanol–water partition coefficient (Wildman–Crippen LogP) is 13.6. The Morgan fingerprint density at radius 3 is 1.28 bits per heavy atom. The maximum atomic E-state index is 13.8. The zero-order chi connectivity index (χ0) is 68.0. The number of thiazole rings is 2. The maximum Gasteiger partial charge on any atom is 0.296 e. The van der Waals surface area contributed by atoms with Crippen LogP contribution in [0.2, 0.25) is 0 Å². The molecule has 0 atom stereocenters. The van der Waals surface area contributed by atoms with Crippen molar-refractivity contribution < 1.29 is 45.1 Å². The van der Waals surface area contributed by atoms with E-state index < -0.39 is 53.4 Å². The Morgan fingerprint density at radius 2 is 0.926 bits per heavy atom. The van der Waals surface area contributed by atoms with Crippen LogP contribution >= 0.6 is 34.4 Å². The second-order valence-corrected chi connectivity index (χ2v) is 27.7. The number of Topliss-reactive ketones (excluding diaryl/α,β-unsaturated/α-hetero) is 2. The van der Waals surface area contributed by atoms with Gasteiger partial charge in [-0.2, -0.15) is 41.8 Å². The summed E-state index contributed by atoms with van der Waals surface area (Å²) >= 11 is 3.61. The first-order valence-electron chi connectivity index (χ1n) is 30.8. The molecule has 0 bridgehead atoms. The molecule has 32 heteroatoms. The number of hydrogen-bond donors (Lipinski definition) is 6. The summed E-state index contributed by atoms with van der Waals surface area (Å²) in [6, 6.07) is 22.0. The summed E-state index contributed by atoms with van der Waals surface area (Å²) in [4.78, 5) is 86.7. The van der Waals surface area contributed by atoms with E-state index in [1.165, 1.54) is 74.2 Å². The average Bonchev–Trinajstić information content (AvgIpc) is 1.81. The van der Waals surface area contributed by atoms with Gasteiger partial charge in [0.15, 0.2) is 16.7 Å². The Labute approximate surface area is 563 Å². The van der Waals surface area contributed by atoms with Crippen molar-refractivity contribution in [2.45, 2.75) is 102 Å². The van der Waals surface area contributed by atoms with Crippen molar-refractivity contribution in [2.75, 3.05) is 99.0 Å². The number of benzene rings is 4. The molecular formula is C63H73N17O10S5. The summed E-state index contributed by atoms with van der Waals surface area (Å²) in [6.07, 6.45) is 8.39. The van der Waals surface area contributed by atoms with Gasteiger partial charge < -0.3 is 40.9 Å². The molecule has 4 aromatic carbocycles. The molecule has 2 amide bonds. The number of azo groups is 2. The Kier molecular flexibility index (Phi) is 23.7. The third-order valence-electron chi connectivity index (χ3n) is 15.3. The molecule has 0 unspecified atom stereocenters. The standard InChI is InChI=1S/C63H73N17O10S5/c1-8-77(9-2)41-27-29-45(73-75-62-68-55(79-31-19-13-20-32-79)51(92-62)37-43(39(6)81)57(83)64-47-23-15-17-25-53(47)94(85,86)87)49(35-41)66-59-70-60(72-61(71-59)91-12-5)67-50-36-42(78(10-3)11-4)28-30-46(50)74-76-63-69-56(80-33-21-14-22-34-80)52(93-63)38-44(40(7)82)58(84)65-48-24-16-18-26-54(48)95(88,89)90/h15-18,23-30,35-38H,8-14,19-22,31-34H2,1-7H3,(H,64,83)(H,65,84)(H,85,86,87)(H,88,89,90)(H2,66,67,70,71,72)/b43-37-,44-38+,75-73?,76-74?. The molecule has 0 radical (unpaired) electrons. The summed E-state index contributed by atoms with van der Waals surface area (Å²) in [6.45, 7) is 18.0. The molecule has 0 saturated carbocycles. The number of thioether (sulfide) groups is 1. The van der Waals surface area contributed by atoms with Crippen molar-refractivity contribution >= 4 is 169 Å². The Hall–Kier alpha value is -8.92. The van der Waals surface area contributed by atoms with Gasteiger partial charge in [0.1, 0.15) is 32.8 Å². The lowest BCUT2D eigenvalue weighted by molar-refractivity contribution is -0.120. The van der Waals surface area contributed by atoms with Crippen molar-refractivity contribution in [1.29, 1.82) is 0 Å². The zero-order valence-corrected chi connectivity index (χ0v) is 57.4. The Balaban J connectivity index is 1.06. The van der Waals surface area contributed by atoms with Gasteiger partial charge in [-0.1, -0.05) is 65.6 Å². The number of amides is 2. The predicted molar refractivity (Wildman–Crippen MR) is 375 cm³/mol. The van der Waals surface area contributed by atoms with E-state index in [4.69, 9.17) is 35.1 Å². The van der Waals surface area contributed by atoms with Crippen LogP contribution in [0.3, 0.4) is 0 Å². The largest absolute Gasteiger partial charge is 0.372 e. The normalized spacial score (nSPS) is 14.1. The monoisotopic (exact) mass is 1390 g/mol. The molecule has 5 heterocycles. The fourth-order valence-corrected chi connectivity index (χ4v) is 14.1. The van der Waals surface area contributed by atoms with Crippen molar-refractivity contribution in [1.82, 2.24) is 24.9 Å². The SMILES string of the molecule is CCSc1nc(Nc2cc(N(CC)CC)ccc2N=Nc2nc(N3CCCCC3)c(/C=C(/C(C)=O)C(=O)Nc3ccccc3S(=O)(=O)O)s2)nc(Nc2cc(N(CC)CC)ccc2N=Nc2nc(N3CCCCC3)c(/C=C(\C(C)=O)C(=O)Nc3ccccc3S(=O)(=O)O)s2)n1. The lowest BCUT2D eigenvalue weighted by Crippen LogP contribution is -2.30. The maximum absolute atomic E-state index is 13.8. The van der Waals surface area contributed by atoms with Gasteiger partial charge >= 0.3 is 0 Å². The van der Waals surface area contributed by atoms with Crippen LogP contribution in [0.25, 0.3) is 12.2 Å². The summed E-state index contributed by atoms with van der Waals surface area (Å²) < 4.78 is 68.5. The number of rotatable bonds is 28. The number of anilines is 10. The Morgan fingerprint density at radius 1 is 0.537 bits per heavy atom. The molecule has 3 aromatic heterocycles. The fourth-order valence-electron chi connectivity index (χ4n) is 10.5. The lowest BCUT2D eigenvalue weighted by atomic mass is 10.1. The number of para-hydroxylation sites is 2. The highest BCUT2D eigenvalue weighted by Crippen LogP contribution is 2.41. The number of carbonyl (C=O) groups is 4. The van der Waals surface area contributed by atoms with Gasteiger partial charge in [0.2, 0.25) is 22.2 Å². The third-order valence-corrected chi connectivity index (χ3v) is 19.6. The average molecular weight is 1390 g/mol. The Bertz CT molecular complexity index is 4080. The van der Waals surface area contributed by atoms with Gasteiger partial charge in [-0.15, -0.1) is 20.5 Å². The van der Waals surface area contributed by atoms with E-state index in [1.54, 1.807) is 0 Å². The molecule has 2 aliphatic heterocycles. The number of carbonyl (C=O) groups excluding carboxylic acids is 4. The summed E-state index contributed by atoms with van der Waals surface area (Å²) in [7, 11) is -9.45. The van der Waals surface area contributed by atoms with Crippen LogP contribution in [-0.4, -0.2) is 132 Å². The lowest BCUT2D eigenvalue weighted by Gasteiger charge is -2.27. The van der Waals surface area contributed by atoms with Gasteiger partial charge in [0.25, 0.3) is 32.1 Å². The van der Waals surface area contributed by atoms with Gasteiger partial charge in [0.05, 0.1) is 43.7 Å². The first-order chi connectivity index (χ1) is 45.6. The number of hydrogen-bond acceptors (Lipinski definition) is 26. The highest BCUT2D eigenvalue weighted by atomic mass is 32.2. The van der Waals surface area contributed by atoms with E-state index in [-0.39, 0.29) is 44.7 Å². The smallest absolute Gasteiger partial charge is 0.296 e. The van der Waals surface area contributed by atoms with E-state index in [0.29, 0.717) is 107 Å². The summed E-state index contributed by atoms with van der Waals surface area (Å²) in [5, 5.41) is 31.4. The van der Waals surface area contributed by atoms with Crippen LogP contribution in [0.1, 0.15) is 96.7 Å². The van der Waals surface area contributed by atoms with E-state index in [2.05, 4.69) is 78.8 Å². The molecule has 500 valence electrons. The molecule has 2 fully saturated rings. The molecule has 2 aliphatic rings. The molecule has 95 heavy (non-hydrogen) atoms. The summed E-state index contributed by atoms with van der Waals surface area (Å²) in [5.41, 5.74) is 2.48. The van der Waals surface area contributed by atoms with Crippen LogP contribution in [0.4, 0.5) is 79.3 Å². The van der Waals surface area contributed by atoms with Gasteiger partial charge in [-0.25, -0.2) is 0 Å². The third kappa shape index (κ3) is 18.1. The number of piperidine rings is 2. The minimum atomic E-state index is -4.73. The van der Waals surface area contributed by atoms with Gasteiger partial charge in [-0.3, -0.25) is 28.3 Å². The molecule has 27 nitrogen and oxygen atoms in total. The first kappa shape index (κ1) is 70.4. The summed E-state index contributed by atoms with van der Waals surface area (Å²) in [5.74, 6) is -1.07. The van der Waals surface area contributed by atoms with E-state index in [0.717, 1.165) is 84.7 Å². The minimum Gasteiger partial charge on any atom is -0.372 e. The molecule has 2 saturated heterocycles. The number of nitrogens with one attached hydrogen (secondary N) is 4. The quantitative estimate of drug-likeness (QED) is 0.00662. The van der Waals surface area contributed by atoms with Crippen molar-refractivity contribution in [3.63, 3.8) is 0 Å². The molecule has 0 aliphatic carbocycles. The van der Waals surface area contributed by atoms with Crippen LogP contribution in [-0.2, 0) is 39.4 Å². The highest BCUT2D eigenvalue weighted by Gasteiger charge is 2.27. The highest BCUT2D eigenvalue weighted by molar-refractivity contribution is 7.99. The van der Waals surface area contributed by atoms with Crippen LogP contribution < -0.4 is 40.9 Å². The minimum absolute atomic E-state index is 0.160. The second kappa shape index (κ2) is 32.0. The van der Waals surface area contributed by atoms with E-state index in [1.807, 2.05) is 43.3 Å². The molecule has 9 rings (SSSR count). The number of ketones is 2. The molecule has 6 N–H and O–H groups in total. The van der Waals surface area contributed by atoms with Crippen molar-refractivity contribution in [3.05, 3.63) is 106 Å². The second-order valence-electron chi connectivity index (χ2n) is 21.6. The van der Waals surface area contributed by atoms with Crippen LogP contribution in [0.5, 0.6) is 0 Å². The number of nitrogens with zero attached hydrogens (tertiary/aromatic N) is 13. The molecular weight excluding hydrogens is 1320 g/mol. The van der Waals surface area contributed by atoms with Crippen LogP contribution in [0.15, 0.2) is 131 Å². The van der Waals surface area contributed by atoms with E-state index in [9.17, 15) is 45.1 Å². The van der Waals surface area contributed by atoms with Gasteiger partial charge in [-0.05, 0) is 159 Å². The molecule has 0 spiro atoms. The number of aromatic nitrogens is 5.